The van der Waals surface area contributed by atoms with E-state index in [1.54, 1.807) is 0 Å². The summed E-state index contributed by atoms with van der Waals surface area (Å²) in [4.78, 5) is 0. The number of hydrogen-bond acceptors (Lipinski definition) is 4. The predicted molar refractivity (Wildman–Crippen MR) is 82.6 cm³/mol. The standard InChI is InChI=1S/C15H24N2OS/c1-11(10-19-2)14(17-16)5-3-12-4-6-15-13(9-12)7-8-18-15/h4,6,9,11,14,17H,3,5,7-8,10,16H2,1-2H3. The Kier molecular flexibility index (Phi) is 5.55. The van der Waals surface area contributed by atoms with Gasteiger partial charge in [0.25, 0.3) is 0 Å². The molecule has 2 rings (SSSR count). The van der Waals surface area contributed by atoms with Crippen molar-refractivity contribution >= 4 is 11.8 Å². The maximum Gasteiger partial charge on any atom is 0.122 e. The van der Waals surface area contributed by atoms with Gasteiger partial charge in [-0.05, 0) is 48.0 Å². The second-order valence-corrected chi connectivity index (χ2v) is 6.20. The average Bonchev–Trinajstić information content (AvgIpc) is 2.87. The summed E-state index contributed by atoms with van der Waals surface area (Å²) >= 11 is 1.88. The Bertz CT molecular complexity index is 411. The van der Waals surface area contributed by atoms with Crippen LogP contribution in [0.4, 0.5) is 0 Å². The van der Waals surface area contributed by atoms with Crippen molar-refractivity contribution < 1.29 is 4.74 Å². The van der Waals surface area contributed by atoms with Crippen LogP contribution in [0.25, 0.3) is 0 Å². The van der Waals surface area contributed by atoms with E-state index in [0.717, 1.165) is 37.4 Å². The molecule has 0 aromatic heterocycles. The number of thioether (sulfide) groups is 1. The van der Waals surface area contributed by atoms with Gasteiger partial charge in [-0.2, -0.15) is 11.8 Å². The zero-order chi connectivity index (χ0) is 13.7. The molecule has 2 unspecified atom stereocenters. The molecule has 3 N–H and O–H groups in total. The van der Waals surface area contributed by atoms with E-state index in [2.05, 4.69) is 36.8 Å². The third-order valence-electron chi connectivity index (χ3n) is 3.83. The van der Waals surface area contributed by atoms with E-state index in [-0.39, 0.29) is 0 Å². The summed E-state index contributed by atoms with van der Waals surface area (Å²) < 4.78 is 5.54. The Morgan fingerprint density at radius 2 is 2.32 bits per heavy atom. The third kappa shape index (κ3) is 3.88. The first-order chi connectivity index (χ1) is 9.24. The van der Waals surface area contributed by atoms with Crippen molar-refractivity contribution in [2.24, 2.45) is 11.8 Å². The highest BCUT2D eigenvalue weighted by Crippen LogP contribution is 2.26. The minimum absolute atomic E-state index is 0.386. The number of nitrogens with two attached hydrogens (primary N) is 1. The van der Waals surface area contributed by atoms with Gasteiger partial charge in [-0.3, -0.25) is 11.3 Å². The zero-order valence-corrected chi connectivity index (χ0v) is 12.6. The maximum absolute atomic E-state index is 5.68. The molecule has 3 nitrogen and oxygen atoms in total. The molecule has 1 aromatic rings. The van der Waals surface area contributed by atoms with Crippen molar-refractivity contribution in [1.29, 1.82) is 0 Å². The van der Waals surface area contributed by atoms with E-state index >= 15 is 0 Å². The predicted octanol–water partition coefficient (Wildman–Crippen LogP) is 2.39. The molecule has 4 heteroatoms. The molecule has 0 aliphatic carbocycles. The minimum atomic E-state index is 0.386. The lowest BCUT2D eigenvalue weighted by atomic mass is 9.96. The van der Waals surface area contributed by atoms with Crippen LogP contribution in [0.3, 0.4) is 0 Å². The van der Waals surface area contributed by atoms with Gasteiger partial charge in [0.2, 0.25) is 0 Å². The van der Waals surface area contributed by atoms with Gasteiger partial charge in [0.1, 0.15) is 5.75 Å². The average molecular weight is 280 g/mol. The highest BCUT2D eigenvalue weighted by molar-refractivity contribution is 7.98. The number of aryl methyl sites for hydroxylation is 1. The first kappa shape index (κ1) is 14.7. The monoisotopic (exact) mass is 280 g/mol. The summed E-state index contributed by atoms with van der Waals surface area (Å²) in [5, 5.41) is 0. The molecule has 2 atom stereocenters. The summed E-state index contributed by atoms with van der Waals surface area (Å²) in [5.74, 6) is 8.48. The molecule has 1 aromatic carbocycles. The number of hydrazine groups is 1. The first-order valence-corrected chi connectivity index (χ1v) is 8.33. The topological polar surface area (TPSA) is 47.3 Å². The molecule has 1 aliphatic heterocycles. The summed E-state index contributed by atoms with van der Waals surface area (Å²) in [6.45, 7) is 3.09. The molecule has 0 bridgehead atoms. The lowest BCUT2D eigenvalue weighted by Gasteiger charge is -2.22. The van der Waals surface area contributed by atoms with Crippen molar-refractivity contribution in [2.45, 2.75) is 32.2 Å². The molecule has 106 valence electrons. The van der Waals surface area contributed by atoms with Crippen LogP contribution in [0.15, 0.2) is 18.2 Å². The van der Waals surface area contributed by atoms with Crippen LogP contribution in [0.1, 0.15) is 24.5 Å². The van der Waals surface area contributed by atoms with Crippen LogP contribution < -0.4 is 16.0 Å². The minimum Gasteiger partial charge on any atom is -0.493 e. The van der Waals surface area contributed by atoms with Crippen LogP contribution in [0.5, 0.6) is 5.75 Å². The SMILES string of the molecule is CSCC(C)C(CCc1ccc2c(c1)CCO2)NN. The van der Waals surface area contributed by atoms with Gasteiger partial charge in [0.05, 0.1) is 6.61 Å². The van der Waals surface area contributed by atoms with Gasteiger partial charge < -0.3 is 4.74 Å². The summed E-state index contributed by atoms with van der Waals surface area (Å²) in [6, 6.07) is 6.96. The normalized spacial score (nSPS) is 16.8. The Labute approximate surface area is 120 Å². The van der Waals surface area contributed by atoms with Crippen molar-refractivity contribution in [2.75, 3.05) is 18.6 Å². The maximum atomic E-state index is 5.68. The fourth-order valence-electron chi connectivity index (χ4n) is 2.63. The first-order valence-electron chi connectivity index (χ1n) is 6.94. The lowest BCUT2D eigenvalue weighted by molar-refractivity contribution is 0.356. The Morgan fingerprint density at radius 3 is 3.05 bits per heavy atom. The highest BCUT2D eigenvalue weighted by atomic mass is 32.2. The highest BCUT2D eigenvalue weighted by Gasteiger charge is 2.16. The number of hydrogen-bond donors (Lipinski definition) is 2. The molecule has 0 saturated carbocycles. The number of rotatable bonds is 7. The van der Waals surface area contributed by atoms with E-state index in [0.29, 0.717) is 12.0 Å². The van der Waals surface area contributed by atoms with Crippen LogP contribution in [0.2, 0.25) is 0 Å². The Morgan fingerprint density at radius 1 is 1.47 bits per heavy atom. The molecule has 1 aliphatic rings. The number of ether oxygens (including phenoxy) is 1. The second kappa shape index (κ2) is 7.17. The molecular weight excluding hydrogens is 256 g/mol. The van der Waals surface area contributed by atoms with Gasteiger partial charge in [0.15, 0.2) is 0 Å². The smallest absolute Gasteiger partial charge is 0.122 e. The fraction of sp³-hybridized carbons (Fsp3) is 0.600. The molecule has 0 amide bonds. The van der Waals surface area contributed by atoms with Gasteiger partial charge in [0, 0.05) is 12.5 Å². The van der Waals surface area contributed by atoms with Crippen molar-refractivity contribution in [3.63, 3.8) is 0 Å². The van der Waals surface area contributed by atoms with Crippen LogP contribution in [-0.4, -0.2) is 24.7 Å². The molecule has 0 fully saturated rings. The molecule has 0 spiro atoms. The number of benzene rings is 1. The largest absolute Gasteiger partial charge is 0.493 e. The van der Waals surface area contributed by atoms with E-state index < -0.39 is 0 Å². The molecule has 0 radical (unpaired) electrons. The van der Waals surface area contributed by atoms with Crippen molar-refractivity contribution in [1.82, 2.24) is 5.43 Å². The quantitative estimate of drug-likeness (QED) is 0.595. The van der Waals surface area contributed by atoms with Crippen molar-refractivity contribution in [3.8, 4) is 5.75 Å². The summed E-state index contributed by atoms with van der Waals surface area (Å²) in [6.07, 6.45) is 5.34. The lowest BCUT2D eigenvalue weighted by Crippen LogP contribution is -2.41. The summed E-state index contributed by atoms with van der Waals surface area (Å²) in [7, 11) is 0. The molecule has 1 heterocycles. The van der Waals surface area contributed by atoms with Crippen LogP contribution >= 0.6 is 11.8 Å². The summed E-state index contributed by atoms with van der Waals surface area (Å²) in [5.41, 5.74) is 5.71. The van der Waals surface area contributed by atoms with Gasteiger partial charge >= 0.3 is 0 Å². The van der Waals surface area contributed by atoms with E-state index in [1.165, 1.54) is 11.1 Å². The third-order valence-corrected chi connectivity index (χ3v) is 4.69. The fourth-order valence-corrected chi connectivity index (χ4v) is 3.39. The number of fused-ring (bicyclic) bond motifs is 1. The molecule has 19 heavy (non-hydrogen) atoms. The van der Waals surface area contributed by atoms with Crippen LogP contribution in [0, 0.1) is 5.92 Å². The van der Waals surface area contributed by atoms with Crippen molar-refractivity contribution in [3.05, 3.63) is 29.3 Å². The number of nitrogens with one attached hydrogen (secondary N) is 1. The molecular formula is C15H24N2OS. The molecule has 0 saturated heterocycles. The second-order valence-electron chi connectivity index (χ2n) is 5.28. The zero-order valence-electron chi connectivity index (χ0n) is 11.8. The van der Waals surface area contributed by atoms with Gasteiger partial charge in [-0.1, -0.05) is 19.1 Å². The van der Waals surface area contributed by atoms with E-state index in [1.807, 2.05) is 11.8 Å². The Hall–Kier alpha value is -0.710. The van der Waals surface area contributed by atoms with Gasteiger partial charge in [-0.15, -0.1) is 0 Å². The van der Waals surface area contributed by atoms with Gasteiger partial charge in [-0.25, -0.2) is 0 Å². The van der Waals surface area contributed by atoms with Crippen LogP contribution in [-0.2, 0) is 12.8 Å². The van der Waals surface area contributed by atoms with E-state index in [4.69, 9.17) is 10.6 Å². The van der Waals surface area contributed by atoms with E-state index in [9.17, 15) is 0 Å². The Balaban J connectivity index is 1.90.